The number of carbonyl (C=O) groups excluding carboxylic acids is 2. The van der Waals surface area contributed by atoms with Crippen LogP contribution in [0.5, 0.6) is 0 Å². The van der Waals surface area contributed by atoms with Crippen molar-refractivity contribution >= 4 is 25.1 Å². The number of allylic oxidation sites excluding steroid dienone is 1. The maximum Gasteiger partial charge on any atom is 0.332 e. The SMILES string of the molecule is C[Si](C)(C)c1ccc(C(=O)NOC(=O)CCCCCCCCCC=C(F)F)cc1. The van der Waals surface area contributed by atoms with E-state index in [4.69, 9.17) is 4.84 Å². The fourth-order valence-electron chi connectivity index (χ4n) is 2.84. The Morgan fingerprint density at radius 1 is 0.931 bits per heavy atom. The van der Waals surface area contributed by atoms with Gasteiger partial charge in [-0.2, -0.15) is 14.3 Å². The van der Waals surface area contributed by atoms with Gasteiger partial charge in [0.05, 0.1) is 8.07 Å². The first-order chi connectivity index (χ1) is 13.7. The van der Waals surface area contributed by atoms with Crippen molar-refractivity contribution in [3.05, 3.63) is 42.0 Å². The number of hydrogen-bond acceptors (Lipinski definition) is 3. The molecule has 0 fully saturated rings. The molecule has 1 aromatic rings. The summed E-state index contributed by atoms with van der Waals surface area (Å²) in [6, 6.07) is 7.42. The average Bonchev–Trinajstić information content (AvgIpc) is 2.66. The van der Waals surface area contributed by atoms with Gasteiger partial charge < -0.3 is 4.84 Å². The molecule has 0 unspecified atom stereocenters. The van der Waals surface area contributed by atoms with Crippen molar-refractivity contribution in [2.24, 2.45) is 0 Å². The number of amides is 1. The van der Waals surface area contributed by atoms with Gasteiger partial charge in [-0.3, -0.25) is 4.79 Å². The second kappa shape index (κ2) is 13.2. The fourth-order valence-corrected chi connectivity index (χ4v) is 4.01. The van der Waals surface area contributed by atoms with Crippen LogP contribution >= 0.6 is 0 Å². The van der Waals surface area contributed by atoms with E-state index in [0.717, 1.165) is 44.6 Å². The van der Waals surface area contributed by atoms with E-state index in [1.165, 1.54) is 5.19 Å². The van der Waals surface area contributed by atoms with Gasteiger partial charge in [-0.05, 0) is 37.5 Å². The zero-order valence-electron chi connectivity index (χ0n) is 17.7. The summed E-state index contributed by atoms with van der Waals surface area (Å²) in [6.07, 6.45) is 6.42. The number of hydroxylamine groups is 1. The van der Waals surface area contributed by atoms with Crippen LogP contribution in [0, 0.1) is 0 Å². The summed E-state index contributed by atoms with van der Waals surface area (Å²) in [4.78, 5) is 28.6. The third kappa shape index (κ3) is 11.5. The first kappa shape index (κ1) is 25.0. The molecule has 1 rings (SSSR count). The van der Waals surface area contributed by atoms with Crippen molar-refractivity contribution in [2.45, 2.75) is 77.4 Å². The molecule has 0 heterocycles. The standard InChI is InChI=1S/C22H33F2NO3Si/c1-29(2,3)19-16-14-18(15-17-19)22(27)25-28-21(26)13-11-9-7-5-4-6-8-10-12-20(23)24/h12,14-17H,4-11,13H2,1-3H3,(H,25,27). The van der Waals surface area contributed by atoms with Gasteiger partial charge >= 0.3 is 5.97 Å². The van der Waals surface area contributed by atoms with E-state index < -0.39 is 26.0 Å². The van der Waals surface area contributed by atoms with E-state index in [-0.39, 0.29) is 6.42 Å². The summed E-state index contributed by atoms with van der Waals surface area (Å²) in [5.41, 5.74) is 2.67. The minimum Gasteiger partial charge on any atom is -0.341 e. The molecule has 1 amide bonds. The van der Waals surface area contributed by atoms with Gasteiger partial charge in [0.25, 0.3) is 12.0 Å². The summed E-state index contributed by atoms with van der Waals surface area (Å²) in [5, 5.41) is 1.26. The van der Waals surface area contributed by atoms with Crippen molar-refractivity contribution in [1.29, 1.82) is 0 Å². The highest BCUT2D eigenvalue weighted by molar-refractivity contribution is 6.88. The van der Waals surface area contributed by atoms with Crippen LogP contribution in [0.2, 0.25) is 19.6 Å². The molecule has 162 valence electrons. The Labute approximate surface area is 173 Å². The van der Waals surface area contributed by atoms with Crippen LogP contribution < -0.4 is 10.7 Å². The van der Waals surface area contributed by atoms with E-state index in [2.05, 4.69) is 25.1 Å². The minimum atomic E-state index is -1.60. The van der Waals surface area contributed by atoms with Crippen LogP contribution in [-0.2, 0) is 9.63 Å². The Bertz CT molecular complexity index is 666. The molecule has 4 nitrogen and oxygen atoms in total. The predicted molar refractivity (Wildman–Crippen MR) is 115 cm³/mol. The molecular weight excluding hydrogens is 392 g/mol. The lowest BCUT2D eigenvalue weighted by molar-refractivity contribution is -0.149. The second-order valence-electron chi connectivity index (χ2n) is 8.24. The van der Waals surface area contributed by atoms with Crippen LogP contribution in [0.3, 0.4) is 0 Å². The number of hydrogen-bond donors (Lipinski definition) is 1. The predicted octanol–water partition coefficient (Wildman–Crippen LogP) is 5.71. The topological polar surface area (TPSA) is 55.4 Å². The Morgan fingerprint density at radius 2 is 1.48 bits per heavy atom. The summed E-state index contributed by atoms with van der Waals surface area (Å²) >= 11 is 0. The molecule has 0 radical (unpaired) electrons. The van der Waals surface area contributed by atoms with Gasteiger partial charge in [0.1, 0.15) is 0 Å². The average molecular weight is 426 g/mol. The zero-order valence-corrected chi connectivity index (χ0v) is 18.7. The lowest BCUT2D eigenvalue weighted by Crippen LogP contribution is -2.37. The van der Waals surface area contributed by atoms with Crippen LogP contribution in [0.25, 0.3) is 0 Å². The van der Waals surface area contributed by atoms with Crippen LogP contribution in [0.4, 0.5) is 8.78 Å². The maximum atomic E-state index is 12.0. The maximum absolute atomic E-state index is 12.0. The summed E-state index contributed by atoms with van der Waals surface area (Å²) in [5.74, 6) is -0.875. The molecule has 0 atom stereocenters. The molecule has 29 heavy (non-hydrogen) atoms. The Morgan fingerprint density at radius 3 is 2.03 bits per heavy atom. The molecule has 0 saturated carbocycles. The number of carbonyl (C=O) groups is 2. The van der Waals surface area contributed by atoms with E-state index in [1.807, 2.05) is 12.1 Å². The Hall–Kier alpha value is -2.02. The molecule has 0 aliphatic rings. The minimum absolute atomic E-state index is 0.259. The smallest absolute Gasteiger partial charge is 0.332 e. The van der Waals surface area contributed by atoms with Gasteiger partial charge in [-0.25, -0.2) is 4.79 Å². The van der Waals surface area contributed by atoms with Gasteiger partial charge in [-0.15, -0.1) is 0 Å². The summed E-state index contributed by atoms with van der Waals surface area (Å²) in [6.45, 7) is 6.70. The first-order valence-electron chi connectivity index (χ1n) is 10.3. The van der Waals surface area contributed by atoms with E-state index in [0.29, 0.717) is 18.4 Å². The number of benzene rings is 1. The Balaban J connectivity index is 2.10. The van der Waals surface area contributed by atoms with Crippen molar-refractivity contribution in [2.75, 3.05) is 0 Å². The molecule has 0 bridgehead atoms. The quantitative estimate of drug-likeness (QED) is 0.265. The molecule has 0 aromatic heterocycles. The molecule has 1 aromatic carbocycles. The lowest BCUT2D eigenvalue weighted by Gasteiger charge is -2.16. The zero-order chi connectivity index (χ0) is 21.7. The molecule has 0 aliphatic carbocycles. The number of unbranched alkanes of at least 4 members (excludes halogenated alkanes) is 7. The van der Waals surface area contributed by atoms with Crippen molar-refractivity contribution in [1.82, 2.24) is 5.48 Å². The molecule has 0 saturated heterocycles. The number of halogens is 2. The highest BCUT2D eigenvalue weighted by atomic mass is 28.3. The molecule has 7 heteroatoms. The summed E-state index contributed by atoms with van der Waals surface area (Å²) in [7, 11) is -1.41. The molecule has 0 aliphatic heterocycles. The second-order valence-corrected chi connectivity index (χ2v) is 13.3. The summed E-state index contributed by atoms with van der Waals surface area (Å²) < 4.78 is 23.7. The first-order valence-corrected chi connectivity index (χ1v) is 13.8. The highest BCUT2D eigenvalue weighted by Crippen LogP contribution is 2.11. The van der Waals surface area contributed by atoms with Crippen molar-refractivity contribution in [3.63, 3.8) is 0 Å². The number of nitrogens with one attached hydrogen (secondary N) is 1. The van der Waals surface area contributed by atoms with Gasteiger partial charge in [-0.1, -0.05) is 69.1 Å². The molecule has 0 spiro atoms. The highest BCUT2D eigenvalue weighted by Gasteiger charge is 2.17. The fraction of sp³-hybridized carbons (Fsp3) is 0.545. The normalized spacial score (nSPS) is 11.1. The van der Waals surface area contributed by atoms with Crippen LogP contribution in [0.1, 0.15) is 68.1 Å². The van der Waals surface area contributed by atoms with Crippen LogP contribution in [0.15, 0.2) is 36.4 Å². The largest absolute Gasteiger partial charge is 0.341 e. The lowest BCUT2D eigenvalue weighted by atomic mass is 10.1. The van der Waals surface area contributed by atoms with Gasteiger partial charge in [0.2, 0.25) is 0 Å². The van der Waals surface area contributed by atoms with E-state index >= 15 is 0 Å². The van der Waals surface area contributed by atoms with Crippen molar-refractivity contribution in [3.8, 4) is 0 Å². The van der Waals surface area contributed by atoms with E-state index in [9.17, 15) is 18.4 Å². The Kier molecular flexibility index (Phi) is 11.4. The van der Waals surface area contributed by atoms with Crippen molar-refractivity contribution < 1.29 is 23.2 Å². The molecular formula is C22H33F2NO3Si. The third-order valence-corrected chi connectivity index (χ3v) is 6.72. The van der Waals surface area contributed by atoms with E-state index in [1.54, 1.807) is 12.1 Å². The molecule has 1 N–H and O–H groups in total. The van der Waals surface area contributed by atoms with Gasteiger partial charge in [0.15, 0.2) is 0 Å². The number of rotatable bonds is 12. The third-order valence-electron chi connectivity index (χ3n) is 4.65. The monoisotopic (exact) mass is 425 g/mol. The van der Waals surface area contributed by atoms with Gasteiger partial charge in [0, 0.05) is 12.0 Å². The van der Waals surface area contributed by atoms with Crippen LogP contribution in [-0.4, -0.2) is 20.0 Å².